The molecule has 0 saturated heterocycles. The molecule has 0 bridgehead atoms. The van der Waals surface area contributed by atoms with Crippen LogP contribution in [0.1, 0.15) is 42.1 Å². The van der Waals surface area contributed by atoms with Crippen molar-refractivity contribution in [2.24, 2.45) is 5.92 Å². The molecule has 1 atom stereocenters. The zero-order valence-electron chi connectivity index (χ0n) is 10.4. The van der Waals surface area contributed by atoms with Crippen molar-refractivity contribution in [1.82, 2.24) is 5.32 Å². The molecule has 92 valence electrons. The van der Waals surface area contributed by atoms with Crippen molar-refractivity contribution < 1.29 is 9.90 Å². The lowest BCUT2D eigenvalue weighted by atomic mass is 9.80. The molecule has 0 radical (unpaired) electrons. The number of rotatable bonds is 3. The minimum Gasteiger partial charge on any atom is -0.507 e. The van der Waals surface area contributed by atoms with Crippen molar-refractivity contribution >= 4 is 5.91 Å². The first kappa shape index (κ1) is 12.0. The van der Waals surface area contributed by atoms with Gasteiger partial charge >= 0.3 is 0 Å². The Balaban J connectivity index is 2.06. The zero-order chi connectivity index (χ0) is 12.4. The predicted octanol–water partition coefficient (Wildman–Crippen LogP) is 2.62. The third-order valence-corrected chi connectivity index (χ3v) is 3.70. The van der Waals surface area contributed by atoms with Crippen LogP contribution in [0.15, 0.2) is 18.2 Å². The number of phenols is 1. The van der Waals surface area contributed by atoms with E-state index in [1.165, 1.54) is 19.3 Å². The van der Waals surface area contributed by atoms with E-state index >= 15 is 0 Å². The number of phenolic OH excluding ortho intramolecular Hbond substituents is 1. The quantitative estimate of drug-likeness (QED) is 0.843. The Kier molecular flexibility index (Phi) is 3.36. The van der Waals surface area contributed by atoms with Crippen LogP contribution in [0.4, 0.5) is 0 Å². The van der Waals surface area contributed by atoms with Crippen molar-refractivity contribution in [2.45, 2.75) is 39.2 Å². The molecule has 1 aliphatic carbocycles. The van der Waals surface area contributed by atoms with Crippen LogP contribution in [0.5, 0.6) is 5.75 Å². The van der Waals surface area contributed by atoms with Crippen LogP contribution in [-0.4, -0.2) is 17.1 Å². The first-order chi connectivity index (χ1) is 8.09. The number of carbonyl (C=O) groups excluding carboxylic acids is 1. The second-order valence-corrected chi connectivity index (χ2v) is 4.92. The molecule has 1 unspecified atom stereocenters. The molecule has 3 heteroatoms. The topological polar surface area (TPSA) is 49.3 Å². The SMILES string of the molecule is Cc1cccc(C(=O)NC(C)C2CCC2)c1O. The Morgan fingerprint density at radius 1 is 1.47 bits per heavy atom. The van der Waals surface area contributed by atoms with E-state index < -0.39 is 0 Å². The molecule has 1 fully saturated rings. The van der Waals surface area contributed by atoms with Gasteiger partial charge in [-0.05, 0) is 44.2 Å². The summed E-state index contributed by atoms with van der Waals surface area (Å²) in [7, 11) is 0. The van der Waals surface area contributed by atoms with E-state index in [0.29, 0.717) is 11.5 Å². The average molecular weight is 233 g/mol. The highest BCUT2D eigenvalue weighted by Gasteiger charge is 2.25. The fraction of sp³-hybridized carbons (Fsp3) is 0.500. The van der Waals surface area contributed by atoms with Crippen LogP contribution in [0.2, 0.25) is 0 Å². The van der Waals surface area contributed by atoms with Crippen molar-refractivity contribution in [3.05, 3.63) is 29.3 Å². The molecule has 0 spiro atoms. The van der Waals surface area contributed by atoms with Crippen molar-refractivity contribution in [1.29, 1.82) is 0 Å². The van der Waals surface area contributed by atoms with Crippen molar-refractivity contribution in [3.8, 4) is 5.75 Å². The molecule has 0 aromatic heterocycles. The maximum Gasteiger partial charge on any atom is 0.255 e. The highest BCUT2D eigenvalue weighted by Crippen LogP contribution is 2.30. The minimum absolute atomic E-state index is 0.0887. The first-order valence-electron chi connectivity index (χ1n) is 6.19. The minimum atomic E-state index is -0.175. The number of nitrogens with one attached hydrogen (secondary N) is 1. The van der Waals surface area contributed by atoms with Crippen LogP contribution in [-0.2, 0) is 0 Å². The fourth-order valence-corrected chi connectivity index (χ4v) is 2.18. The van der Waals surface area contributed by atoms with Crippen LogP contribution in [0.3, 0.4) is 0 Å². The van der Waals surface area contributed by atoms with Gasteiger partial charge < -0.3 is 10.4 Å². The molecule has 0 aliphatic heterocycles. The molecule has 2 rings (SSSR count). The van der Waals surface area contributed by atoms with Gasteiger partial charge in [0.1, 0.15) is 5.75 Å². The Morgan fingerprint density at radius 2 is 2.18 bits per heavy atom. The molecule has 0 heterocycles. The van der Waals surface area contributed by atoms with Crippen LogP contribution in [0.25, 0.3) is 0 Å². The smallest absolute Gasteiger partial charge is 0.255 e. The Bertz CT molecular complexity index is 424. The monoisotopic (exact) mass is 233 g/mol. The first-order valence-corrected chi connectivity index (χ1v) is 6.19. The lowest BCUT2D eigenvalue weighted by Crippen LogP contribution is -2.40. The highest BCUT2D eigenvalue weighted by atomic mass is 16.3. The Hall–Kier alpha value is -1.51. The number of benzene rings is 1. The van der Waals surface area contributed by atoms with Gasteiger partial charge in [-0.15, -0.1) is 0 Å². The summed E-state index contributed by atoms with van der Waals surface area (Å²) in [5, 5.41) is 12.8. The van der Waals surface area contributed by atoms with E-state index in [9.17, 15) is 9.90 Å². The number of hydrogen-bond acceptors (Lipinski definition) is 2. The average Bonchev–Trinajstić information content (AvgIpc) is 2.19. The van der Waals surface area contributed by atoms with Gasteiger partial charge in [-0.25, -0.2) is 0 Å². The highest BCUT2D eigenvalue weighted by molar-refractivity contribution is 5.97. The lowest BCUT2D eigenvalue weighted by molar-refractivity contribution is 0.0906. The summed E-state index contributed by atoms with van der Waals surface area (Å²) >= 11 is 0. The number of aryl methyl sites for hydroxylation is 1. The van der Waals surface area contributed by atoms with E-state index in [2.05, 4.69) is 5.32 Å². The van der Waals surface area contributed by atoms with Gasteiger partial charge in [0, 0.05) is 6.04 Å². The van der Waals surface area contributed by atoms with E-state index in [1.54, 1.807) is 25.1 Å². The summed E-state index contributed by atoms with van der Waals surface area (Å²) in [6, 6.07) is 5.43. The second kappa shape index (κ2) is 4.78. The van der Waals surface area contributed by atoms with Gasteiger partial charge in [0.15, 0.2) is 0 Å². The van der Waals surface area contributed by atoms with Crippen molar-refractivity contribution in [3.63, 3.8) is 0 Å². The van der Waals surface area contributed by atoms with Crippen LogP contribution >= 0.6 is 0 Å². The molecule has 1 aromatic carbocycles. The lowest BCUT2D eigenvalue weighted by Gasteiger charge is -2.31. The van der Waals surface area contributed by atoms with Gasteiger partial charge in [0.2, 0.25) is 0 Å². The molecule has 1 aliphatic rings. The summed E-state index contributed by atoms with van der Waals surface area (Å²) < 4.78 is 0. The van der Waals surface area contributed by atoms with Crippen molar-refractivity contribution in [2.75, 3.05) is 0 Å². The normalized spacial score (nSPS) is 17.3. The molecule has 2 N–H and O–H groups in total. The number of hydrogen-bond donors (Lipinski definition) is 2. The summed E-state index contributed by atoms with van der Waals surface area (Å²) in [6.07, 6.45) is 3.66. The molecule has 3 nitrogen and oxygen atoms in total. The second-order valence-electron chi connectivity index (χ2n) is 4.92. The predicted molar refractivity (Wildman–Crippen MR) is 67.1 cm³/mol. The van der Waals surface area contributed by atoms with E-state index in [-0.39, 0.29) is 17.7 Å². The third kappa shape index (κ3) is 2.43. The van der Waals surface area contributed by atoms with Gasteiger partial charge in [0.25, 0.3) is 5.91 Å². The summed E-state index contributed by atoms with van der Waals surface area (Å²) in [5.41, 5.74) is 1.10. The van der Waals surface area contributed by atoms with Gasteiger partial charge in [0.05, 0.1) is 5.56 Å². The molecule has 17 heavy (non-hydrogen) atoms. The third-order valence-electron chi connectivity index (χ3n) is 3.70. The summed E-state index contributed by atoms with van der Waals surface area (Å²) in [4.78, 5) is 12.0. The summed E-state index contributed by atoms with van der Waals surface area (Å²) in [5.74, 6) is 0.516. The summed E-state index contributed by atoms with van der Waals surface area (Å²) in [6.45, 7) is 3.83. The maximum atomic E-state index is 12.0. The maximum absolute atomic E-state index is 12.0. The van der Waals surface area contributed by atoms with Crippen LogP contribution < -0.4 is 5.32 Å². The molecule has 1 saturated carbocycles. The van der Waals surface area contributed by atoms with Gasteiger partial charge in [-0.2, -0.15) is 0 Å². The number of aromatic hydroxyl groups is 1. The molecular formula is C14H19NO2. The van der Waals surface area contributed by atoms with Crippen LogP contribution in [0, 0.1) is 12.8 Å². The number of para-hydroxylation sites is 1. The number of amides is 1. The fourth-order valence-electron chi connectivity index (χ4n) is 2.18. The standard InChI is InChI=1S/C14H19NO2/c1-9-5-3-8-12(13(9)16)14(17)15-10(2)11-6-4-7-11/h3,5,8,10-11,16H,4,6-7H2,1-2H3,(H,15,17). The molecular weight excluding hydrogens is 214 g/mol. The van der Waals surface area contributed by atoms with E-state index in [4.69, 9.17) is 0 Å². The van der Waals surface area contributed by atoms with Gasteiger partial charge in [-0.1, -0.05) is 18.6 Å². The largest absolute Gasteiger partial charge is 0.507 e. The zero-order valence-corrected chi connectivity index (χ0v) is 10.4. The van der Waals surface area contributed by atoms with E-state index in [0.717, 1.165) is 5.56 Å². The Labute approximate surface area is 102 Å². The molecule has 1 aromatic rings. The van der Waals surface area contributed by atoms with Gasteiger partial charge in [-0.3, -0.25) is 4.79 Å². The Morgan fingerprint density at radius 3 is 2.76 bits per heavy atom. The van der Waals surface area contributed by atoms with E-state index in [1.807, 2.05) is 6.92 Å². The number of carbonyl (C=O) groups is 1. The molecule has 1 amide bonds.